The molecule has 1 atom stereocenters. The van der Waals surface area contributed by atoms with Gasteiger partial charge in [0.2, 0.25) is 5.91 Å². The highest BCUT2D eigenvalue weighted by Gasteiger charge is 2.41. The zero-order chi connectivity index (χ0) is 32.3. The number of aryl methyl sites for hydroxylation is 1. The van der Waals surface area contributed by atoms with Gasteiger partial charge in [0.05, 0.1) is 42.4 Å². The van der Waals surface area contributed by atoms with Crippen molar-refractivity contribution in [2.45, 2.75) is 89.1 Å². The number of hydrogen-bond donors (Lipinski definition) is 1. The first-order chi connectivity index (χ1) is 21.7. The van der Waals surface area contributed by atoms with Crippen molar-refractivity contribution in [2.24, 2.45) is 5.73 Å². The number of methoxy groups -OCH3 is 2. The van der Waals surface area contributed by atoms with Gasteiger partial charge in [0.25, 0.3) is 5.91 Å². The van der Waals surface area contributed by atoms with E-state index in [4.69, 9.17) is 24.7 Å². The maximum Gasteiger partial charge on any atom is 0.273 e. The Kier molecular flexibility index (Phi) is 13.3. The molecule has 10 nitrogen and oxygen atoms in total. The number of amides is 2. The molecule has 0 radical (unpaired) electrons. The molecule has 3 heterocycles. The minimum Gasteiger partial charge on any atom is -0.374 e. The van der Waals surface area contributed by atoms with Crippen molar-refractivity contribution in [2.75, 3.05) is 60.2 Å². The van der Waals surface area contributed by atoms with E-state index in [-0.39, 0.29) is 23.8 Å². The van der Waals surface area contributed by atoms with E-state index in [9.17, 15) is 9.59 Å². The second-order valence-electron chi connectivity index (χ2n) is 12.4. The lowest BCUT2D eigenvalue weighted by Crippen LogP contribution is -2.58. The van der Waals surface area contributed by atoms with E-state index in [1.54, 1.807) is 25.6 Å². The molecule has 4 rings (SSSR count). The normalized spacial score (nSPS) is 18.4. The number of hydrogen-bond acceptors (Lipinski definition) is 9. The van der Waals surface area contributed by atoms with E-state index in [2.05, 4.69) is 48.0 Å². The van der Waals surface area contributed by atoms with E-state index in [1.165, 1.54) is 11.1 Å². The van der Waals surface area contributed by atoms with Crippen LogP contribution < -0.4 is 5.73 Å². The van der Waals surface area contributed by atoms with Crippen molar-refractivity contribution in [3.05, 3.63) is 51.5 Å². The van der Waals surface area contributed by atoms with Crippen LogP contribution in [0.15, 0.2) is 29.6 Å². The van der Waals surface area contributed by atoms with Gasteiger partial charge < -0.3 is 34.5 Å². The largest absolute Gasteiger partial charge is 0.374 e. The number of carbonyl (C=O) groups is 2. The molecule has 2 saturated heterocycles. The van der Waals surface area contributed by atoms with Crippen molar-refractivity contribution in [3.63, 3.8) is 0 Å². The van der Waals surface area contributed by atoms with Crippen LogP contribution in [0.25, 0.3) is 0 Å². The van der Waals surface area contributed by atoms with E-state index in [1.807, 2.05) is 10.3 Å². The Hall–Kier alpha value is -2.41. The molecule has 0 aliphatic carbocycles. The second-order valence-corrected chi connectivity index (χ2v) is 13.4. The minimum absolute atomic E-state index is 0.0304. The van der Waals surface area contributed by atoms with Crippen molar-refractivity contribution in [3.8, 4) is 0 Å². The van der Waals surface area contributed by atoms with Gasteiger partial charge in [0.1, 0.15) is 5.69 Å². The van der Waals surface area contributed by atoms with Crippen LogP contribution in [0.1, 0.15) is 79.0 Å². The Morgan fingerprint density at radius 3 is 2.38 bits per heavy atom. The highest BCUT2D eigenvalue weighted by molar-refractivity contribution is 7.09. The van der Waals surface area contributed by atoms with Crippen LogP contribution in [0, 0.1) is 0 Å². The molecule has 1 unspecified atom stereocenters. The number of thiazole rings is 1. The molecule has 2 aromatic rings. The monoisotopic (exact) mass is 644 g/mol. The van der Waals surface area contributed by atoms with Crippen LogP contribution >= 0.6 is 11.3 Å². The summed E-state index contributed by atoms with van der Waals surface area (Å²) in [4.78, 5) is 34.0. The molecule has 1 aromatic carbocycles. The summed E-state index contributed by atoms with van der Waals surface area (Å²) in [6.07, 6.45) is 6.11. The van der Waals surface area contributed by atoms with Gasteiger partial charge >= 0.3 is 0 Å². The molecular formula is C34H52N4O6S. The molecule has 1 spiro atoms. The predicted octanol–water partition coefficient (Wildman–Crippen LogP) is 4.24. The third-order valence-electron chi connectivity index (χ3n) is 9.18. The van der Waals surface area contributed by atoms with E-state index < -0.39 is 11.9 Å². The molecule has 0 bridgehead atoms. The molecule has 1 aromatic heterocycles. The SMILES string of the molecule is CCCC(CC(N)=O)(CC(OC)OC)OCCc1ccc(CCN2CCC3(CC2)CN(C(=O)c2csc(CC)n2)CCO3)cc1. The summed E-state index contributed by atoms with van der Waals surface area (Å²) in [7, 11) is 3.18. The maximum atomic E-state index is 13.1. The number of likely N-dealkylation sites (tertiary alicyclic amines) is 1. The number of rotatable bonds is 17. The first-order valence-corrected chi connectivity index (χ1v) is 17.3. The van der Waals surface area contributed by atoms with Gasteiger partial charge in [-0.05, 0) is 49.7 Å². The van der Waals surface area contributed by atoms with Gasteiger partial charge in [0.15, 0.2) is 6.29 Å². The average Bonchev–Trinajstić information content (AvgIpc) is 3.53. The number of aromatic nitrogens is 1. The van der Waals surface area contributed by atoms with Crippen LogP contribution in [0.5, 0.6) is 0 Å². The number of benzene rings is 1. The van der Waals surface area contributed by atoms with Crippen molar-refractivity contribution in [1.29, 1.82) is 0 Å². The number of carbonyl (C=O) groups excluding carboxylic acids is 2. The molecule has 2 amide bonds. The van der Waals surface area contributed by atoms with Crippen LogP contribution in [0.2, 0.25) is 0 Å². The van der Waals surface area contributed by atoms with Crippen LogP contribution in [-0.4, -0.2) is 104 Å². The standard InChI is InChI=1S/C34H52N4O6S/c1-5-13-34(22-29(35)39,23-31(41-3)42-4)43-20-12-27-9-7-26(8-10-27)11-16-37-17-14-33(15-18-37)25-38(19-21-44-33)32(40)28-24-45-30(6-2)36-28/h7-10,24,31H,5-6,11-23,25H2,1-4H3,(H2,35,39). The van der Waals surface area contributed by atoms with Crippen molar-refractivity contribution >= 4 is 23.2 Å². The van der Waals surface area contributed by atoms with Crippen molar-refractivity contribution in [1.82, 2.24) is 14.8 Å². The number of morpholine rings is 1. The molecule has 45 heavy (non-hydrogen) atoms. The Morgan fingerprint density at radius 2 is 1.78 bits per heavy atom. The highest BCUT2D eigenvalue weighted by atomic mass is 32.1. The summed E-state index contributed by atoms with van der Waals surface area (Å²) in [6.45, 7) is 9.39. The smallest absolute Gasteiger partial charge is 0.273 e. The molecule has 2 aliphatic heterocycles. The first kappa shape index (κ1) is 35.4. The molecule has 2 fully saturated rings. The Balaban J connectivity index is 1.22. The molecular weight excluding hydrogens is 592 g/mol. The average molecular weight is 645 g/mol. The number of nitrogens with zero attached hydrogens (tertiary/aromatic N) is 3. The zero-order valence-corrected chi connectivity index (χ0v) is 28.4. The zero-order valence-electron chi connectivity index (χ0n) is 27.6. The molecule has 2 aliphatic rings. The van der Waals surface area contributed by atoms with E-state index >= 15 is 0 Å². The summed E-state index contributed by atoms with van der Waals surface area (Å²) in [5.41, 5.74) is 7.70. The molecule has 250 valence electrons. The van der Waals surface area contributed by atoms with Crippen LogP contribution in [-0.2, 0) is 43.0 Å². The van der Waals surface area contributed by atoms with Gasteiger partial charge in [0, 0.05) is 52.2 Å². The number of ether oxygens (including phenoxy) is 4. The maximum absolute atomic E-state index is 13.1. The summed E-state index contributed by atoms with van der Waals surface area (Å²) in [6, 6.07) is 8.73. The first-order valence-electron chi connectivity index (χ1n) is 16.4. The Labute approximate surface area is 272 Å². The lowest BCUT2D eigenvalue weighted by molar-refractivity contribution is -0.166. The summed E-state index contributed by atoms with van der Waals surface area (Å²) in [5.74, 6) is -0.356. The summed E-state index contributed by atoms with van der Waals surface area (Å²) >= 11 is 1.56. The minimum atomic E-state index is -0.708. The number of piperidine rings is 1. The van der Waals surface area contributed by atoms with Crippen molar-refractivity contribution < 1.29 is 28.5 Å². The van der Waals surface area contributed by atoms with Crippen LogP contribution in [0.3, 0.4) is 0 Å². The van der Waals surface area contributed by atoms with Crippen LogP contribution in [0.4, 0.5) is 0 Å². The topological polar surface area (TPSA) is 116 Å². The molecule has 11 heteroatoms. The van der Waals surface area contributed by atoms with Gasteiger partial charge in [-0.2, -0.15) is 0 Å². The fraction of sp³-hybridized carbons (Fsp3) is 0.676. The Bertz CT molecular complexity index is 1210. The predicted molar refractivity (Wildman–Crippen MR) is 175 cm³/mol. The Morgan fingerprint density at radius 1 is 1.09 bits per heavy atom. The summed E-state index contributed by atoms with van der Waals surface area (Å²) < 4.78 is 23.5. The lowest BCUT2D eigenvalue weighted by atomic mass is 9.89. The van der Waals surface area contributed by atoms with E-state index in [0.717, 1.165) is 63.2 Å². The van der Waals surface area contributed by atoms with Gasteiger partial charge in [-0.25, -0.2) is 4.98 Å². The fourth-order valence-electron chi connectivity index (χ4n) is 6.57. The number of nitrogens with two attached hydrogens (primary N) is 1. The van der Waals surface area contributed by atoms with Gasteiger partial charge in [-0.3, -0.25) is 9.59 Å². The second kappa shape index (κ2) is 16.9. The number of primary amides is 1. The quantitative estimate of drug-likeness (QED) is 0.255. The van der Waals surface area contributed by atoms with E-state index in [0.29, 0.717) is 44.8 Å². The fourth-order valence-corrected chi connectivity index (χ4v) is 7.29. The van der Waals surface area contributed by atoms with Gasteiger partial charge in [-0.15, -0.1) is 11.3 Å². The highest BCUT2D eigenvalue weighted by Crippen LogP contribution is 2.32. The summed E-state index contributed by atoms with van der Waals surface area (Å²) in [5, 5.41) is 2.89. The third-order valence-corrected chi connectivity index (χ3v) is 10.2. The third kappa shape index (κ3) is 10.0. The lowest BCUT2D eigenvalue weighted by Gasteiger charge is -2.47. The van der Waals surface area contributed by atoms with Gasteiger partial charge in [-0.1, -0.05) is 44.5 Å². The molecule has 2 N–H and O–H groups in total. The molecule has 0 saturated carbocycles.